The van der Waals surface area contributed by atoms with Crippen LogP contribution in [0.2, 0.25) is 0 Å². The third-order valence-electron chi connectivity index (χ3n) is 4.74. The maximum atomic E-state index is 12.4. The molecular formula is C24H23N7O7. The lowest BCUT2D eigenvalue weighted by molar-refractivity contribution is 0.0991. The monoisotopic (exact) mass is 521 g/mol. The number of ether oxygens (including phenoxy) is 6. The fourth-order valence-corrected chi connectivity index (χ4v) is 3.04. The molecule has 1 amide bonds. The minimum Gasteiger partial charge on any atom is -0.493 e. The van der Waals surface area contributed by atoms with Crippen molar-refractivity contribution in [3.63, 3.8) is 0 Å². The molecule has 3 aromatic heterocycles. The zero-order valence-electron chi connectivity index (χ0n) is 20.7. The number of primary amides is 1. The van der Waals surface area contributed by atoms with Crippen LogP contribution in [-0.4, -0.2) is 70.4 Å². The molecule has 0 aliphatic carbocycles. The zero-order chi connectivity index (χ0) is 26.9. The van der Waals surface area contributed by atoms with Gasteiger partial charge in [0.2, 0.25) is 23.3 Å². The summed E-state index contributed by atoms with van der Waals surface area (Å²) in [4.78, 5) is 37.5. The third-order valence-corrected chi connectivity index (χ3v) is 4.74. The number of benzene rings is 1. The number of nitrogens with zero attached hydrogens (tertiary/aromatic N) is 6. The molecular weight excluding hydrogens is 498 g/mol. The average molecular weight is 521 g/mol. The van der Waals surface area contributed by atoms with Gasteiger partial charge in [-0.1, -0.05) is 12.1 Å². The lowest BCUT2D eigenvalue weighted by atomic mass is 10.3. The van der Waals surface area contributed by atoms with E-state index in [1.54, 1.807) is 30.3 Å². The molecule has 4 aromatic rings. The minimum atomic E-state index is -0.882. The van der Waals surface area contributed by atoms with Gasteiger partial charge in [-0.15, -0.1) is 0 Å². The molecule has 0 aliphatic rings. The Kier molecular flexibility index (Phi) is 8.23. The standard InChI is InChI=1S/C24H23N7O7/c1-33-14-7-4-5-8-15(14)38-19-18(20(25)32)30-22(21-26-9-6-10-27-21)31-23(19)36-11-12-37-24-28-16(34-2)13-17(29-24)35-3/h4-10,13H,11-12H2,1-3H3,(H2,25,32). The number of para-hydroxylation sites is 2. The second kappa shape index (κ2) is 12.1. The van der Waals surface area contributed by atoms with Crippen molar-refractivity contribution in [1.82, 2.24) is 29.9 Å². The fraction of sp³-hybridized carbons (Fsp3) is 0.208. The SMILES string of the molecule is COc1cc(OC)nc(OCCOc2nc(-c3ncccn3)nc(C(N)=O)c2Oc2ccccc2OC)n1. The Hall–Kier alpha value is -5.27. The van der Waals surface area contributed by atoms with Crippen molar-refractivity contribution in [3.8, 4) is 52.5 Å². The lowest BCUT2D eigenvalue weighted by Crippen LogP contribution is -2.18. The number of carbonyl (C=O) groups is 1. The molecule has 0 saturated heterocycles. The van der Waals surface area contributed by atoms with E-state index in [0.717, 1.165) is 0 Å². The summed E-state index contributed by atoms with van der Waals surface area (Å²) in [6, 6.07) is 9.95. The number of hydrogen-bond acceptors (Lipinski definition) is 13. The normalized spacial score (nSPS) is 10.4. The molecule has 0 saturated carbocycles. The predicted molar refractivity (Wildman–Crippen MR) is 131 cm³/mol. The van der Waals surface area contributed by atoms with Crippen LogP contribution in [0.4, 0.5) is 0 Å². The van der Waals surface area contributed by atoms with E-state index in [-0.39, 0.29) is 65.7 Å². The highest BCUT2D eigenvalue weighted by molar-refractivity contribution is 5.94. The second-order valence-corrected chi connectivity index (χ2v) is 7.15. The molecule has 0 aliphatic heterocycles. The highest BCUT2D eigenvalue weighted by Gasteiger charge is 2.24. The molecule has 0 unspecified atom stereocenters. The summed E-state index contributed by atoms with van der Waals surface area (Å²) in [6.45, 7) is -0.0764. The summed E-state index contributed by atoms with van der Waals surface area (Å²) in [5.41, 5.74) is 5.39. The number of hydrogen-bond donors (Lipinski definition) is 1. The van der Waals surface area contributed by atoms with Crippen LogP contribution in [-0.2, 0) is 0 Å². The van der Waals surface area contributed by atoms with Crippen LogP contribution < -0.4 is 34.2 Å². The molecule has 0 radical (unpaired) electrons. The van der Waals surface area contributed by atoms with Crippen molar-refractivity contribution in [2.45, 2.75) is 0 Å². The summed E-state index contributed by atoms with van der Waals surface area (Å²) in [5, 5.41) is 0. The number of amides is 1. The van der Waals surface area contributed by atoms with E-state index >= 15 is 0 Å². The maximum absolute atomic E-state index is 12.4. The molecule has 4 rings (SSSR count). The second-order valence-electron chi connectivity index (χ2n) is 7.15. The van der Waals surface area contributed by atoms with E-state index in [1.165, 1.54) is 39.8 Å². The summed E-state index contributed by atoms with van der Waals surface area (Å²) in [7, 11) is 4.39. The molecule has 3 heterocycles. The molecule has 196 valence electrons. The number of methoxy groups -OCH3 is 3. The smallest absolute Gasteiger partial charge is 0.323 e. The van der Waals surface area contributed by atoms with Gasteiger partial charge in [-0.3, -0.25) is 4.79 Å². The van der Waals surface area contributed by atoms with Crippen molar-refractivity contribution in [2.24, 2.45) is 5.73 Å². The Morgan fingerprint density at radius 2 is 1.45 bits per heavy atom. The molecule has 0 fully saturated rings. The van der Waals surface area contributed by atoms with Crippen LogP contribution >= 0.6 is 0 Å². The average Bonchev–Trinajstić information content (AvgIpc) is 2.96. The van der Waals surface area contributed by atoms with Gasteiger partial charge < -0.3 is 34.2 Å². The van der Waals surface area contributed by atoms with Gasteiger partial charge in [-0.2, -0.15) is 15.0 Å². The van der Waals surface area contributed by atoms with Crippen molar-refractivity contribution in [1.29, 1.82) is 0 Å². The van der Waals surface area contributed by atoms with Crippen molar-refractivity contribution in [2.75, 3.05) is 34.5 Å². The van der Waals surface area contributed by atoms with E-state index in [2.05, 4.69) is 29.9 Å². The molecule has 0 bridgehead atoms. The van der Waals surface area contributed by atoms with Gasteiger partial charge in [0, 0.05) is 12.4 Å². The van der Waals surface area contributed by atoms with Crippen molar-refractivity contribution in [3.05, 3.63) is 54.5 Å². The molecule has 1 aromatic carbocycles. The fourth-order valence-electron chi connectivity index (χ4n) is 3.04. The first-order chi connectivity index (χ1) is 18.5. The quantitative estimate of drug-likeness (QED) is 0.268. The number of rotatable bonds is 12. The first kappa shape index (κ1) is 25.8. The molecule has 38 heavy (non-hydrogen) atoms. The van der Waals surface area contributed by atoms with Crippen LogP contribution in [0.3, 0.4) is 0 Å². The first-order valence-corrected chi connectivity index (χ1v) is 11.0. The van der Waals surface area contributed by atoms with Gasteiger partial charge in [0.05, 0.1) is 27.4 Å². The van der Waals surface area contributed by atoms with E-state index in [1.807, 2.05) is 0 Å². The molecule has 0 spiro atoms. The number of nitrogens with two attached hydrogens (primary N) is 1. The summed E-state index contributed by atoms with van der Waals surface area (Å²) < 4.78 is 33.0. The molecule has 2 N–H and O–H groups in total. The van der Waals surface area contributed by atoms with Crippen LogP contribution in [0.25, 0.3) is 11.6 Å². The molecule has 14 nitrogen and oxygen atoms in total. The van der Waals surface area contributed by atoms with Crippen LogP contribution in [0.15, 0.2) is 48.8 Å². The highest BCUT2D eigenvalue weighted by Crippen LogP contribution is 2.38. The van der Waals surface area contributed by atoms with E-state index in [9.17, 15) is 4.79 Å². The Bertz CT molecular complexity index is 1380. The van der Waals surface area contributed by atoms with Gasteiger partial charge in [-0.25, -0.2) is 15.0 Å². The number of carbonyl (C=O) groups excluding carboxylic acids is 1. The minimum absolute atomic E-state index is 0.00330. The van der Waals surface area contributed by atoms with Crippen LogP contribution in [0, 0.1) is 0 Å². The van der Waals surface area contributed by atoms with Crippen LogP contribution in [0.1, 0.15) is 10.5 Å². The lowest BCUT2D eigenvalue weighted by Gasteiger charge is -2.16. The van der Waals surface area contributed by atoms with E-state index in [0.29, 0.717) is 5.75 Å². The summed E-state index contributed by atoms with van der Waals surface area (Å²) in [6.07, 6.45) is 3.01. The largest absolute Gasteiger partial charge is 0.493 e. The third kappa shape index (κ3) is 6.10. The van der Waals surface area contributed by atoms with Gasteiger partial charge in [-0.05, 0) is 18.2 Å². The van der Waals surface area contributed by atoms with Crippen molar-refractivity contribution < 1.29 is 33.2 Å². The van der Waals surface area contributed by atoms with Gasteiger partial charge in [0.25, 0.3) is 11.8 Å². The Labute approximate surface area is 216 Å². The Morgan fingerprint density at radius 1 is 0.789 bits per heavy atom. The van der Waals surface area contributed by atoms with Gasteiger partial charge in [0.15, 0.2) is 23.0 Å². The van der Waals surface area contributed by atoms with Crippen LogP contribution in [0.5, 0.6) is 40.9 Å². The Morgan fingerprint density at radius 3 is 2.08 bits per heavy atom. The predicted octanol–water partition coefficient (Wildman–Crippen LogP) is 2.10. The summed E-state index contributed by atoms with van der Waals surface area (Å²) in [5.74, 6) is 0.243. The molecule has 14 heteroatoms. The van der Waals surface area contributed by atoms with E-state index < -0.39 is 5.91 Å². The molecule has 0 atom stereocenters. The van der Waals surface area contributed by atoms with Gasteiger partial charge in [0.1, 0.15) is 13.2 Å². The van der Waals surface area contributed by atoms with Gasteiger partial charge >= 0.3 is 6.01 Å². The Balaban J connectivity index is 1.64. The van der Waals surface area contributed by atoms with Crippen molar-refractivity contribution >= 4 is 5.91 Å². The first-order valence-electron chi connectivity index (χ1n) is 11.0. The van der Waals surface area contributed by atoms with E-state index in [4.69, 9.17) is 34.2 Å². The topological polar surface area (TPSA) is 176 Å². The zero-order valence-corrected chi connectivity index (χ0v) is 20.7. The summed E-state index contributed by atoms with van der Waals surface area (Å²) >= 11 is 0. The highest BCUT2D eigenvalue weighted by atomic mass is 16.6. The maximum Gasteiger partial charge on any atom is 0.323 e. The number of aromatic nitrogens is 6.